The molecule has 2 nitrogen and oxygen atoms in total. The fraction of sp³-hybridized carbons (Fsp3) is 0.214. The second-order valence-electron chi connectivity index (χ2n) is 4.36. The van der Waals surface area contributed by atoms with Crippen LogP contribution in [0.15, 0.2) is 48.7 Å². The Bertz CT molecular complexity index is 495. The standard InChI is InChI=1S/C14H13NO/c16-13(12-7-4-10-15-12)14(8-9-14)11-5-2-1-3-6-11/h1-7,10,15H,8-9H2. The second kappa shape index (κ2) is 3.34. The smallest absolute Gasteiger partial charge is 0.189 e. The van der Waals surface area contributed by atoms with Gasteiger partial charge in [-0.25, -0.2) is 0 Å². The molecule has 2 aromatic rings. The summed E-state index contributed by atoms with van der Waals surface area (Å²) in [6.45, 7) is 0. The molecule has 1 aromatic heterocycles. The number of benzene rings is 1. The number of Topliss-reactive ketones (excluding diaryl/α,β-unsaturated/α-hetero) is 1. The largest absolute Gasteiger partial charge is 0.359 e. The Labute approximate surface area is 94.3 Å². The Morgan fingerprint density at radius 2 is 1.81 bits per heavy atom. The fourth-order valence-corrected chi connectivity index (χ4v) is 2.26. The van der Waals surface area contributed by atoms with Gasteiger partial charge in [0, 0.05) is 6.20 Å². The highest BCUT2D eigenvalue weighted by Crippen LogP contribution is 2.50. The maximum atomic E-state index is 12.4. The first-order valence-corrected chi connectivity index (χ1v) is 5.57. The van der Waals surface area contributed by atoms with Gasteiger partial charge in [-0.15, -0.1) is 0 Å². The molecule has 16 heavy (non-hydrogen) atoms. The number of H-pyrrole nitrogens is 1. The zero-order valence-corrected chi connectivity index (χ0v) is 8.94. The van der Waals surface area contributed by atoms with Crippen LogP contribution in [0.5, 0.6) is 0 Å². The van der Waals surface area contributed by atoms with Crippen molar-refractivity contribution in [2.45, 2.75) is 18.3 Å². The molecule has 0 bridgehead atoms. The number of carbonyl (C=O) groups excluding carboxylic acids is 1. The summed E-state index contributed by atoms with van der Waals surface area (Å²) in [5, 5.41) is 0. The van der Waals surface area contributed by atoms with Crippen LogP contribution in [-0.2, 0) is 5.41 Å². The molecule has 0 amide bonds. The Hall–Kier alpha value is -1.83. The average Bonchev–Trinajstić information content (AvgIpc) is 2.97. The molecule has 3 rings (SSSR count). The van der Waals surface area contributed by atoms with E-state index >= 15 is 0 Å². The van der Waals surface area contributed by atoms with Crippen molar-refractivity contribution < 1.29 is 4.79 Å². The van der Waals surface area contributed by atoms with E-state index in [0.29, 0.717) is 0 Å². The summed E-state index contributed by atoms with van der Waals surface area (Å²) in [7, 11) is 0. The molecular formula is C14H13NO. The maximum Gasteiger partial charge on any atom is 0.189 e. The Kier molecular flexibility index (Phi) is 1.96. The van der Waals surface area contributed by atoms with Crippen molar-refractivity contribution >= 4 is 5.78 Å². The quantitative estimate of drug-likeness (QED) is 0.778. The van der Waals surface area contributed by atoms with Crippen LogP contribution in [0.2, 0.25) is 0 Å². The van der Waals surface area contributed by atoms with E-state index < -0.39 is 0 Å². The van der Waals surface area contributed by atoms with Gasteiger partial charge in [-0.3, -0.25) is 4.79 Å². The third kappa shape index (κ3) is 1.30. The van der Waals surface area contributed by atoms with Crippen molar-refractivity contribution in [1.82, 2.24) is 4.98 Å². The molecule has 80 valence electrons. The molecule has 0 atom stereocenters. The molecule has 0 unspecified atom stereocenters. The summed E-state index contributed by atoms with van der Waals surface area (Å²) < 4.78 is 0. The molecule has 0 radical (unpaired) electrons. The number of aromatic amines is 1. The van der Waals surface area contributed by atoms with Crippen LogP contribution in [0, 0.1) is 0 Å². The summed E-state index contributed by atoms with van der Waals surface area (Å²) in [6, 6.07) is 13.8. The number of rotatable bonds is 3. The summed E-state index contributed by atoms with van der Waals surface area (Å²) in [4.78, 5) is 15.4. The van der Waals surface area contributed by atoms with Crippen LogP contribution in [0.25, 0.3) is 0 Å². The van der Waals surface area contributed by atoms with Crippen molar-refractivity contribution in [2.75, 3.05) is 0 Å². The molecule has 1 aromatic carbocycles. The van der Waals surface area contributed by atoms with Crippen LogP contribution in [0.1, 0.15) is 28.9 Å². The van der Waals surface area contributed by atoms with Gasteiger partial charge in [0.1, 0.15) is 0 Å². The molecule has 0 spiro atoms. The van der Waals surface area contributed by atoms with Crippen molar-refractivity contribution in [3.05, 3.63) is 59.9 Å². The molecule has 1 aliphatic rings. The SMILES string of the molecule is O=C(c1ccc[nH]1)C1(c2ccccc2)CC1. The van der Waals surface area contributed by atoms with E-state index in [1.807, 2.05) is 42.5 Å². The van der Waals surface area contributed by atoms with Crippen LogP contribution >= 0.6 is 0 Å². The first-order chi connectivity index (χ1) is 7.83. The monoisotopic (exact) mass is 211 g/mol. The lowest BCUT2D eigenvalue weighted by Crippen LogP contribution is -2.20. The van der Waals surface area contributed by atoms with Gasteiger partial charge in [0.05, 0.1) is 11.1 Å². The Morgan fingerprint density at radius 3 is 2.38 bits per heavy atom. The van der Waals surface area contributed by atoms with E-state index in [4.69, 9.17) is 0 Å². The summed E-state index contributed by atoms with van der Waals surface area (Å²) in [6.07, 6.45) is 3.73. The van der Waals surface area contributed by atoms with E-state index in [1.54, 1.807) is 6.20 Å². The van der Waals surface area contributed by atoms with E-state index in [9.17, 15) is 4.79 Å². The lowest BCUT2D eigenvalue weighted by atomic mass is 9.90. The van der Waals surface area contributed by atoms with E-state index in [-0.39, 0.29) is 11.2 Å². The number of aromatic nitrogens is 1. The van der Waals surface area contributed by atoms with Gasteiger partial charge in [-0.2, -0.15) is 0 Å². The minimum absolute atomic E-state index is 0.226. The summed E-state index contributed by atoms with van der Waals surface area (Å²) in [5.41, 5.74) is 1.63. The third-order valence-electron chi connectivity index (χ3n) is 3.35. The van der Waals surface area contributed by atoms with E-state index in [2.05, 4.69) is 4.98 Å². The van der Waals surface area contributed by atoms with Gasteiger partial charge in [-0.05, 0) is 30.5 Å². The molecule has 2 heteroatoms. The van der Waals surface area contributed by atoms with Gasteiger partial charge < -0.3 is 4.98 Å². The molecule has 0 saturated heterocycles. The van der Waals surface area contributed by atoms with Crippen LogP contribution in [0.4, 0.5) is 0 Å². The van der Waals surface area contributed by atoms with Crippen molar-refractivity contribution in [3.8, 4) is 0 Å². The molecule has 1 saturated carbocycles. The van der Waals surface area contributed by atoms with Gasteiger partial charge in [0.25, 0.3) is 0 Å². The topological polar surface area (TPSA) is 32.9 Å². The van der Waals surface area contributed by atoms with Gasteiger partial charge in [0.15, 0.2) is 5.78 Å². The predicted molar refractivity (Wildman–Crippen MR) is 62.5 cm³/mol. The summed E-state index contributed by atoms with van der Waals surface area (Å²) >= 11 is 0. The van der Waals surface area contributed by atoms with Crippen LogP contribution in [-0.4, -0.2) is 10.8 Å². The molecule has 1 aliphatic carbocycles. The highest BCUT2D eigenvalue weighted by molar-refractivity contribution is 6.04. The fourth-order valence-electron chi connectivity index (χ4n) is 2.26. The minimum Gasteiger partial charge on any atom is -0.359 e. The lowest BCUT2D eigenvalue weighted by molar-refractivity contribution is 0.0941. The first kappa shape index (κ1) is 9.40. The maximum absolute atomic E-state index is 12.4. The third-order valence-corrected chi connectivity index (χ3v) is 3.35. The summed E-state index contributed by atoms with van der Waals surface area (Å²) in [5.74, 6) is 0.226. The van der Waals surface area contributed by atoms with Gasteiger partial charge in [0.2, 0.25) is 0 Å². The average molecular weight is 211 g/mol. The zero-order valence-electron chi connectivity index (χ0n) is 8.94. The van der Waals surface area contributed by atoms with E-state index in [1.165, 1.54) is 0 Å². The predicted octanol–water partition coefficient (Wildman–Crippen LogP) is 2.93. The number of ketones is 1. The highest BCUT2D eigenvalue weighted by atomic mass is 16.1. The van der Waals surface area contributed by atoms with Crippen molar-refractivity contribution in [1.29, 1.82) is 0 Å². The molecular weight excluding hydrogens is 198 g/mol. The lowest BCUT2D eigenvalue weighted by Gasteiger charge is -2.13. The molecule has 1 heterocycles. The van der Waals surface area contributed by atoms with Gasteiger partial charge in [-0.1, -0.05) is 30.3 Å². The molecule has 0 aliphatic heterocycles. The number of nitrogens with one attached hydrogen (secondary N) is 1. The van der Waals surface area contributed by atoms with Crippen molar-refractivity contribution in [3.63, 3.8) is 0 Å². The van der Waals surface area contributed by atoms with Crippen molar-refractivity contribution in [2.24, 2.45) is 0 Å². The zero-order chi connectivity index (χ0) is 11.0. The molecule has 1 fully saturated rings. The number of hydrogen-bond donors (Lipinski definition) is 1. The number of hydrogen-bond acceptors (Lipinski definition) is 1. The van der Waals surface area contributed by atoms with Gasteiger partial charge >= 0.3 is 0 Å². The minimum atomic E-state index is -0.244. The Morgan fingerprint density at radius 1 is 1.06 bits per heavy atom. The highest BCUT2D eigenvalue weighted by Gasteiger charge is 2.51. The first-order valence-electron chi connectivity index (χ1n) is 5.57. The normalized spacial score (nSPS) is 17.0. The van der Waals surface area contributed by atoms with Crippen LogP contribution in [0.3, 0.4) is 0 Å². The van der Waals surface area contributed by atoms with E-state index in [0.717, 1.165) is 24.1 Å². The van der Waals surface area contributed by atoms with Crippen LogP contribution < -0.4 is 0 Å². The number of carbonyl (C=O) groups is 1. The molecule has 1 N–H and O–H groups in total. The second-order valence-corrected chi connectivity index (χ2v) is 4.36. The Balaban J connectivity index is 1.98.